The monoisotopic (exact) mass is 204 g/mol. The molecule has 1 heterocycles. The van der Waals surface area contributed by atoms with Crippen LogP contribution in [-0.4, -0.2) is 10.2 Å². The summed E-state index contributed by atoms with van der Waals surface area (Å²) >= 11 is 0. The largest absolute Gasteiger partial charge is 0.270 e. The van der Waals surface area contributed by atoms with Gasteiger partial charge in [-0.25, -0.2) is 0 Å². The van der Waals surface area contributed by atoms with E-state index in [2.05, 4.69) is 10.2 Å². The van der Waals surface area contributed by atoms with Crippen LogP contribution >= 0.6 is 0 Å². The van der Waals surface area contributed by atoms with E-state index in [1.165, 1.54) is 0 Å². The Hall–Kier alpha value is -1.84. The van der Waals surface area contributed by atoms with E-state index < -0.39 is 0 Å². The number of benzene rings is 1. The first-order chi connectivity index (χ1) is 7.09. The van der Waals surface area contributed by atoms with Gasteiger partial charge in [0.2, 0.25) is 0 Å². The second-order valence-corrected chi connectivity index (χ2v) is 3.87. The highest BCUT2D eigenvalue weighted by Gasteiger charge is 2.05. The number of nitrogens with one attached hydrogen (secondary N) is 2. The van der Waals surface area contributed by atoms with E-state index in [9.17, 15) is 9.59 Å². The molecular formula is C11H12N2O2. The van der Waals surface area contributed by atoms with Gasteiger partial charge in [0.1, 0.15) is 0 Å². The minimum atomic E-state index is -0.264. The Morgan fingerprint density at radius 3 is 2.20 bits per heavy atom. The van der Waals surface area contributed by atoms with Crippen molar-refractivity contribution < 1.29 is 0 Å². The first-order valence-corrected chi connectivity index (χ1v) is 4.84. The molecule has 0 saturated carbocycles. The van der Waals surface area contributed by atoms with Crippen LogP contribution in [0.4, 0.5) is 0 Å². The zero-order valence-electron chi connectivity index (χ0n) is 8.63. The van der Waals surface area contributed by atoms with Crippen molar-refractivity contribution in [2.45, 2.75) is 19.8 Å². The predicted molar refractivity (Wildman–Crippen MR) is 59.3 cm³/mol. The van der Waals surface area contributed by atoms with Gasteiger partial charge in [-0.2, -0.15) is 0 Å². The number of hydrogen-bond acceptors (Lipinski definition) is 2. The molecule has 0 fully saturated rings. The molecule has 2 rings (SSSR count). The highest BCUT2D eigenvalue weighted by Crippen LogP contribution is 2.16. The minimum Gasteiger partial charge on any atom is -0.267 e. The lowest BCUT2D eigenvalue weighted by Gasteiger charge is -2.05. The Kier molecular flexibility index (Phi) is 2.19. The molecule has 0 radical (unpaired) electrons. The molecule has 0 unspecified atom stereocenters. The first-order valence-electron chi connectivity index (χ1n) is 4.84. The van der Waals surface area contributed by atoms with Crippen molar-refractivity contribution in [3.8, 4) is 0 Å². The fourth-order valence-corrected chi connectivity index (χ4v) is 1.56. The Balaban J connectivity index is 2.88. The second-order valence-electron chi connectivity index (χ2n) is 3.87. The standard InChI is InChI=1S/C11H12N2O2/c1-6(2)7-3-4-8-9(5-7)11(15)13-12-10(8)14/h3-6H,1-2H3,(H,12,14)(H,13,15). The average molecular weight is 204 g/mol. The fraction of sp³-hybridized carbons (Fsp3) is 0.273. The molecule has 0 aliphatic rings. The van der Waals surface area contributed by atoms with Crippen LogP contribution in [-0.2, 0) is 0 Å². The molecule has 15 heavy (non-hydrogen) atoms. The van der Waals surface area contributed by atoms with E-state index >= 15 is 0 Å². The highest BCUT2D eigenvalue weighted by molar-refractivity contribution is 5.81. The van der Waals surface area contributed by atoms with Crippen LogP contribution in [0, 0.1) is 0 Å². The molecule has 0 atom stereocenters. The van der Waals surface area contributed by atoms with Crippen molar-refractivity contribution in [2.24, 2.45) is 0 Å². The molecule has 0 amide bonds. The van der Waals surface area contributed by atoms with Gasteiger partial charge < -0.3 is 0 Å². The van der Waals surface area contributed by atoms with Crippen molar-refractivity contribution in [1.29, 1.82) is 0 Å². The smallest absolute Gasteiger partial charge is 0.267 e. The summed E-state index contributed by atoms with van der Waals surface area (Å²) in [6.45, 7) is 4.09. The third-order valence-electron chi connectivity index (χ3n) is 2.49. The maximum Gasteiger partial charge on any atom is 0.270 e. The fourth-order valence-electron chi connectivity index (χ4n) is 1.56. The summed E-state index contributed by atoms with van der Waals surface area (Å²) in [5.74, 6) is 0.341. The topological polar surface area (TPSA) is 65.7 Å². The molecule has 0 saturated heterocycles. The molecule has 0 aliphatic heterocycles. The van der Waals surface area contributed by atoms with Crippen molar-refractivity contribution in [3.05, 3.63) is 44.5 Å². The van der Waals surface area contributed by atoms with Gasteiger partial charge in [-0.3, -0.25) is 19.8 Å². The van der Waals surface area contributed by atoms with Crippen molar-refractivity contribution in [2.75, 3.05) is 0 Å². The number of H-pyrrole nitrogens is 2. The number of fused-ring (bicyclic) bond motifs is 1. The molecule has 1 aromatic heterocycles. The van der Waals surface area contributed by atoms with Gasteiger partial charge in [0, 0.05) is 0 Å². The third kappa shape index (κ3) is 1.58. The van der Waals surface area contributed by atoms with Gasteiger partial charge in [0.25, 0.3) is 11.1 Å². The summed E-state index contributed by atoms with van der Waals surface area (Å²) in [5, 5.41) is 5.50. The number of aromatic nitrogens is 2. The summed E-state index contributed by atoms with van der Waals surface area (Å²) in [5.41, 5.74) is 0.533. The molecule has 0 spiro atoms. The van der Waals surface area contributed by atoms with Crippen LogP contribution in [0.15, 0.2) is 27.8 Å². The molecule has 0 aliphatic carbocycles. The van der Waals surface area contributed by atoms with E-state index in [0.29, 0.717) is 16.7 Å². The summed E-state index contributed by atoms with van der Waals surface area (Å²) in [6.07, 6.45) is 0. The lowest BCUT2D eigenvalue weighted by molar-refractivity contribution is 0.867. The third-order valence-corrected chi connectivity index (χ3v) is 2.49. The van der Waals surface area contributed by atoms with Crippen molar-refractivity contribution >= 4 is 10.8 Å². The van der Waals surface area contributed by atoms with Gasteiger partial charge in [0.15, 0.2) is 0 Å². The van der Waals surface area contributed by atoms with Crippen LogP contribution in [0.1, 0.15) is 25.3 Å². The zero-order valence-corrected chi connectivity index (χ0v) is 8.63. The first kappa shape index (κ1) is 9.71. The highest BCUT2D eigenvalue weighted by atomic mass is 16.1. The van der Waals surface area contributed by atoms with Crippen LogP contribution in [0.25, 0.3) is 10.8 Å². The minimum absolute atomic E-state index is 0.257. The van der Waals surface area contributed by atoms with Gasteiger partial charge in [-0.05, 0) is 23.6 Å². The van der Waals surface area contributed by atoms with Gasteiger partial charge in [0.05, 0.1) is 10.8 Å². The lowest BCUT2D eigenvalue weighted by atomic mass is 10.0. The maximum atomic E-state index is 11.5. The van der Waals surface area contributed by atoms with Gasteiger partial charge >= 0.3 is 0 Å². The molecule has 4 heteroatoms. The van der Waals surface area contributed by atoms with Crippen molar-refractivity contribution in [1.82, 2.24) is 10.2 Å². The number of aromatic amines is 2. The van der Waals surface area contributed by atoms with E-state index in [4.69, 9.17) is 0 Å². The Morgan fingerprint density at radius 2 is 1.60 bits per heavy atom. The normalized spacial score (nSPS) is 11.1. The predicted octanol–water partition coefficient (Wildman–Crippen LogP) is 1.34. The SMILES string of the molecule is CC(C)c1ccc2c(=O)[nH][nH]c(=O)c2c1. The summed E-state index contributed by atoms with van der Waals surface area (Å²) in [7, 11) is 0. The second kappa shape index (κ2) is 3.38. The molecule has 0 bridgehead atoms. The lowest BCUT2D eigenvalue weighted by Crippen LogP contribution is -2.19. The van der Waals surface area contributed by atoms with Crippen molar-refractivity contribution in [3.63, 3.8) is 0 Å². The Bertz CT molecular complexity index is 608. The number of rotatable bonds is 1. The van der Waals surface area contributed by atoms with Crippen LogP contribution < -0.4 is 11.1 Å². The van der Waals surface area contributed by atoms with Gasteiger partial charge in [-0.1, -0.05) is 19.9 Å². The van der Waals surface area contributed by atoms with E-state index in [1.54, 1.807) is 12.1 Å². The summed E-state index contributed by atoms with van der Waals surface area (Å²) < 4.78 is 0. The van der Waals surface area contributed by atoms with E-state index in [1.807, 2.05) is 19.9 Å². The number of hydrogen-bond donors (Lipinski definition) is 2. The summed E-state index contributed by atoms with van der Waals surface area (Å²) in [6, 6.07) is 5.34. The Morgan fingerprint density at radius 1 is 1.00 bits per heavy atom. The summed E-state index contributed by atoms with van der Waals surface area (Å²) in [4.78, 5) is 22.9. The van der Waals surface area contributed by atoms with E-state index in [-0.39, 0.29) is 11.1 Å². The van der Waals surface area contributed by atoms with E-state index in [0.717, 1.165) is 5.56 Å². The molecule has 2 aromatic rings. The Labute approximate surface area is 85.9 Å². The average Bonchev–Trinajstić information content (AvgIpc) is 2.23. The molecule has 78 valence electrons. The van der Waals surface area contributed by atoms with Crippen LogP contribution in [0.3, 0.4) is 0 Å². The molecule has 4 nitrogen and oxygen atoms in total. The van der Waals surface area contributed by atoms with Crippen LogP contribution in [0.2, 0.25) is 0 Å². The molecular weight excluding hydrogens is 192 g/mol. The molecule has 2 N–H and O–H groups in total. The van der Waals surface area contributed by atoms with Gasteiger partial charge in [-0.15, -0.1) is 0 Å². The van der Waals surface area contributed by atoms with Crippen LogP contribution in [0.5, 0.6) is 0 Å². The molecule has 1 aromatic carbocycles. The quantitative estimate of drug-likeness (QED) is 0.736. The zero-order chi connectivity index (χ0) is 11.0. The maximum absolute atomic E-state index is 11.5.